The van der Waals surface area contributed by atoms with E-state index in [-0.39, 0.29) is 4.90 Å². The molecular formula is C12H16N4O3S. The Morgan fingerprint density at radius 1 is 1.35 bits per heavy atom. The number of aromatic amines is 1. The summed E-state index contributed by atoms with van der Waals surface area (Å²) in [7, 11) is -2.21. The maximum atomic E-state index is 12.3. The minimum Gasteiger partial charge on any atom is -0.495 e. The first-order valence-electron chi connectivity index (χ1n) is 5.83. The van der Waals surface area contributed by atoms with E-state index in [0.29, 0.717) is 28.5 Å². The Hall–Kier alpha value is -2.22. The Kier molecular flexibility index (Phi) is 3.58. The zero-order chi connectivity index (χ0) is 14.9. The van der Waals surface area contributed by atoms with Crippen LogP contribution in [0.5, 0.6) is 5.75 Å². The van der Waals surface area contributed by atoms with E-state index in [2.05, 4.69) is 14.9 Å². The van der Waals surface area contributed by atoms with Crippen molar-refractivity contribution < 1.29 is 13.2 Å². The Morgan fingerprint density at radius 2 is 2.05 bits per heavy atom. The highest BCUT2D eigenvalue weighted by atomic mass is 32.2. The Morgan fingerprint density at radius 3 is 2.55 bits per heavy atom. The van der Waals surface area contributed by atoms with Gasteiger partial charge >= 0.3 is 0 Å². The van der Waals surface area contributed by atoms with Crippen LogP contribution in [0.15, 0.2) is 23.1 Å². The van der Waals surface area contributed by atoms with E-state index in [0.717, 1.165) is 0 Å². The molecule has 0 amide bonds. The minimum absolute atomic E-state index is 0.145. The molecule has 0 radical (unpaired) electrons. The molecule has 0 saturated heterocycles. The molecule has 108 valence electrons. The fourth-order valence-corrected chi connectivity index (χ4v) is 3.36. The second-order valence-corrected chi connectivity index (χ2v) is 5.94. The van der Waals surface area contributed by atoms with E-state index in [4.69, 9.17) is 10.5 Å². The molecule has 4 N–H and O–H groups in total. The first-order valence-corrected chi connectivity index (χ1v) is 7.31. The number of ether oxygens (including phenoxy) is 1. The van der Waals surface area contributed by atoms with E-state index in [1.165, 1.54) is 13.2 Å². The predicted molar refractivity (Wildman–Crippen MR) is 76.3 cm³/mol. The van der Waals surface area contributed by atoms with E-state index in [9.17, 15) is 8.42 Å². The van der Waals surface area contributed by atoms with Gasteiger partial charge in [0.25, 0.3) is 10.0 Å². The van der Waals surface area contributed by atoms with Crippen molar-refractivity contribution in [3.63, 3.8) is 0 Å². The molecule has 0 spiro atoms. The topological polar surface area (TPSA) is 110 Å². The Balaban J connectivity index is 2.36. The van der Waals surface area contributed by atoms with Crippen LogP contribution < -0.4 is 15.2 Å². The quantitative estimate of drug-likeness (QED) is 0.739. The summed E-state index contributed by atoms with van der Waals surface area (Å²) in [5.41, 5.74) is 7.37. The molecule has 0 fully saturated rings. The number of hydrogen-bond donors (Lipinski definition) is 3. The molecule has 2 aromatic rings. The van der Waals surface area contributed by atoms with Gasteiger partial charge < -0.3 is 10.5 Å². The van der Waals surface area contributed by atoms with Crippen LogP contribution in [0.1, 0.15) is 11.4 Å². The van der Waals surface area contributed by atoms with Crippen molar-refractivity contribution >= 4 is 21.4 Å². The number of anilines is 2. The van der Waals surface area contributed by atoms with Crippen LogP contribution in [0.3, 0.4) is 0 Å². The number of sulfonamides is 1. The van der Waals surface area contributed by atoms with Crippen molar-refractivity contribution in [3.05, 3.63) is 29.6 Å². The molecule has 0 bridgehead atoms. The first-order chi connectivity index (χ1) is 9.35. The van der Waals surface area contributed by atoms with Gasteiger partial charge in [0.2, 0.25) is 0 Å². The number of rotatable bonds is 4. The van der Waals surface area contributed by atoms with Crippen LogP contribution >= 0.6 is 0 Å². The molecular weight excluding hydrogens is 280 g/mol. The maximum absolute atomic E-state index is 12.3. The third-order valence-electron chi connectivity index (χ3n) is 2.81. The molecule has 20 heavy (non-hydrogen) atoms. The van der Waals surface area contributed by atoms with E-state index >= 15 is 0 Å². The summed E-state index contributed by atoms with van der Waals surface area (Å²) in [6.07, 6.45) is 0. The average Bonchev–Trinajstić information content (AvgIpc) is 2.69. The monoisotopic (exact) mass is 296 g/mol. The van der Waals surface area contributed by atoms with E-state index in [1.807, 2.05) is 0 Å². The molecule has 0 aliphatic heterocycles. The predicted octanol–water partition coefficient (Wildman–Crippen LogP) is 1.42. The van der Waals surface area contributed by atoms with Crippen molar-refractivity contribution in [1.82, 2.24) is 10.2 Å². The number of aryl methyl sites for hydroxylation is 2. The summed E-state index contributed by atoms with van der Waals surface area (Å²) in [6.45, 7) is 3.28. The highest BCUT2D eigenvalue weighted by molar-refractivity contribution is 7.92. The van der Waals surface area contributed by atoms with Crippen molar-refractivity contribution in [1.29, 1.82) is 0 Å². The molecule has 7 nitrogen and oxygen atoms in total. The third-order valence-corrected chi connectivity index (χ3v) is 4.45. The van der Waals surface area contributed by atoms with Crippen LogP contribution in [-0.4, -0.2) is 25.7 Å². The third kappa shape index (κ3) is 2.55. The minimum atomic E-state index is -3.71. The van der Waals surface area contributed by atoms with Crippen molar-refractivity contribution in [2.24, 2.45) is 0 Å². The number of methoxy groups -OCH3 is 1. The Labute approximate surface area is 117 Å². The van der Waals surface area contributed by atoms with Crippen LogP contribution in [0.2, 0.25) is 0 Å². The second-order valence-electron chi connectivity index (χ2n) is 4.33. The van der Waals surface area contributed by atoms with Crippen molar-refractivity contribution in [3.8, 4) is 5.75 Å². The van der Waals surface area contributed by atoms with Crippen LogP contribution in [0, 0.1) is 13.8 Å². The van der Waals surface area contributed by atoms with Gasteiger partial charge in [0.05, 0.1) is 29.9 Å². The number of aromatic nitrogens is 2. The SMILES string of the molecule is COc1ccc(NS(=O)(=O)c2c(C)n[nH]c2C)cc1N. The largest absolute Gasteiger partial charge is 0.495 e. The molecule has 1 heterocycles. The summed E-state index contributed by atoms with van der Waals surface area (Å²) < 4.78 is 32.1. The number of H-pyrrole nitrogens is 1. The lowest BCUT2D eigenvalue weighted by Crippen LogP contribution is -2.14. The summed E-state index contributed by atoms with van der Waals surface area (Å²) in [5, 5.41) is 6.52. The fourth-order valence-electron chi connectivity index (χ4n) is 1.94. The van der Waals surface area contributed by atoms with Crippen molar-refractivity contribution in [2.45, 2.75) is 18.7 Å². The van der Waals surface area contributed by atoms with Crippen LogP contribution in [0.25, 0.3) is 0 Å². The van der Waals surface area contributed by atoms with Gasteiger partial charge in [-0.3, -0.25) is 9.82 Å². The van der Waals surface area contributed by atoms with Gasteiger partial charge in [0.1, 0.15) is 10.6 Å². The van der Waals surface area contributed by atoms with Crippen LogP contribution in [0.4, 0.5) is 11.4 Å². The summed E-state index contributed by atoms with van der Waals surface area (Å²) in [6, 6.07) is 4.68. The van der Waals surface area contributed by atoms with Gasteiger partial charge in [0, 0.05) is 0 Å². The Bertz CT molecular complexity index is 718. The van der Waals surface area contributed by atoms with Crippen LogP contribution in [-0.2, 0) is 10.0 Å². The maximum Gasteiger partial charge on any atom is 0.265 e. The summed E-state index contributed by atoms with van der Waals surface area (Å²) in [5.74, 6) is 0.489. The van der Waals surface area contributed by atoms with Gasteiger partial charge in [-0.1, -0.05) is 0 Å². The number of nitrogen functional groups attached to an aromatic ring is 1. The van der Waals surface area contributed by atoms with Gasteiger partial charge in [-0.05, 0) is 32.0 Å². The number of hydrogen-bond acceptors (Lipinski definition) is 5. The van der Waals surface area contributed by atoms with Gasteiger partial charge in [0.15, 0.2) is 0 Å². The highest BCUT2D eigenvalue weighted by Crippen LogP contribution is 2.27. The zero-order valence-corrected chi connectivity index (χ0v) is 12.2. The molecule has 0 unspecified atom stereocenters. The second kappa shape index (κ2) is 5.04. The number of benzene rings is 1. The van der Waals surface area contributed by atoms with Gasteiger partial charge in [-0.2, -0.15) is 5.10 Å². The lowest BCUT2D eigenvalue weighted by Gasteiger charge is -2.10. The lowest BCUT2D eigenvalue weighted by atomic mass is 10.2. The normalized spacial score (nSPS) is 11.3. The number of nitrogens with zero attached hydrogens (tertiary/aromatic N) is 1. The summed E-state index contributed by atoms with van der Waals surface area (Å²) >= 11 is 0. The van der Waals surface area contributed by atoms with Crippen molar-refractivity contribution in [2.75, 3.05) is 17.6 Å². The smallest absolute Gasteiger partial charge is 0.265 e. The number of nitrogens with two attached hydrogens (primary N) is 1. The standard InChI is InChI=1S/C12H16N4O3S/c1-7-12(8(2)15-14-7)20(17,18)16-9-4-5-11(19-3)10(13)6-9/h4-6,16H,13H2,1-3H3,(H,14,15). The average molecular weight is 296 g/mol. The van der Waals surface area contributed by atoms with Gasteiger partial charge in [-0.25, -0.2) is 8.42 Å². The molecule has 0 atom stereocenters. The fraction of sp³-hybridized carbons (Fsp3) is 0.250. The van der Waals surface area contributed by atoms with E-state index < -0.39 is 10.0 Å². The van der Waals surface area contributed by atoms with E-state index in [1.54, 1.807) is 26.0 Å². The molecule has 1 aromatic heterocycles. The molecule has 2 rings (SSSR count). The zero-order valence-electron chi connectivity index (χ0n) is 11.4. The summed E-state index contributed by atoms with van der Waals surface area (Å²) in [4.78, 5) is 0.145. The molecule has 0 aliphatic carbocycles. The highest BCUT2D eigenvalue weighted by Gasteiger charge is 2.22. The van der Waals surface area contributed by atoms with Gasteiger partial charge in [-0.15, -0.1) is 0 Å². The molecule has 1 aromatic carbocycles. The lowest BCUT2D eigenvalue weighted by molar-refractivity contribution is 0.417. The number of nitrogens with one attached hydrogen (secondary N) is 2. The molecule has 0 aliphatic rings. The molecule has 8 heteroatoms. The molecule has 0 saturated carbocycles. The first kappa shape index (κ1) is 14.2.